The van der Waals surface area contributed by atoms with Gasteiger partial charge < -0.3 is 0 Å². The first-order valence-electron chi connectivity index (χ1n) is 20.0. The molecule has 0 saturated heterocycles. The van der Waals surface area contributed by atoms with Crippen molar-refractivity contribution in [3.05, 3.63) is 67.5 Å². The maximum atomic E-state index is 3.67. The highest BCUT2D eigenvalue weighted by Crippen LogP contribution is 2.33. The van der Waals surface area contributed by atoms with Gasteiger partial charge in [-0.2, -0.15) is 0 Å². The zero-order chi connectivity index (χ0) is 43.9. The summed E-state index contributed by atoms with van der Waals surface area (Å²) in [6.07, 6.45) is 0. The van der Waals surface area contributed by atoms with Crippen molar-refractivity contribution in [3.8, 4) is 71.0 Å². The maximum absolute atomic E-state index is 3.67. The van der Waals surface area contributed by atoms with Gasteiger partial charge in [0, 0.05) is 43.3 Å². The van der Waals surface area contributed by atoms with Crippen molar-refractivity contribution in [1.29, 1.82) is 0 Å². The van der Waals surface area contributed by atoms with Gasteiger partial charge in [0.25, 0.3) is 0 Å². The van der Waals surface area contributed by atoms with Crippen LogP contribution in [0.4, 0.5) is 0 Å². The molecule has 56 heavy (non-hydrogen) atoms. The molecule has 0 heteroatoms. The van der Waals surface area contributed by atoms with Gasteiger partial charge in [-0.3, -0.25) is 0 Å². The van der Waals surface area contributed by atoms with E-state index >= 15 is 0 Å². The molecule has 0 N–H and O–H groups in total. The van der Waals surface area contributed by atoms with Gasteiger partial charge in [-0.1, -0.05) is 213 Å². The van der Waals surface area contributed by atoms with E-state index in [0.29, 0.717) is 0 Å². The summed E-state index contributed by atoms with van der Waals surface area (Å²) < 4.78 is 0. The van der Waals surface area contributed by atoms with E-state index in [1.165, 1.54) is 0 Å². The Balaban J connectivity index is 5.04. The third-order valence-corrected chi connectivity index (χ3v) is 8.50. The zero-order valence-electron chi connectivity index (χ0n) is 40.0. The summed E-state index contributed by atoms with van der Waals surface area (Å²) in [6, 6.07) is 0. The topological polar surface area (TPSA) is 0 Å². The monoisotopic (exact) mass is 745 g/mol. The molecule has 0 aromatic heterocycles. The summed E-state index contributed by atoms with van der Waals surface area (Å²) in [4.78, 5) is 0. The molecular formula is C56H72. The van der Waals surface area contributed by atoms with Gasteiger partial charge in [-0.15, -0.1) is 0 Å². The fourth-order valence-corrected chi connectivity index (χ4v) is 4.38. The maximum Gasteiger partial charge on any atom is 0.0511 e. The Hall–Kier alpha value is -4.56. The Labute approximate surface area is 346 Å². The molecule has 1 rings (SSSR count). The minimum absolute atomic E-state index is 0.284. The second kappa shape index (κ2) is 17.7. The Kier molecular flexibility index (Phi) is 15.6. The first-order valence-corrected chi connectivity index (χ1v) is 20.0. The van der Waals surface area contributed by atoms with Crippen molar-refractivity contribution < 1.29 is 0 Å². The van der Waals surface area contributed by atoms with E-state index < -0.39 is 0 Å². The summed E-state index contributed by atoms with van der Waals surface area (Å²) in [7, 11) is 0. The van der Waals surface area contributed by atoms with Gasteiger partial charge in [0.2, 0.25) is 0 Å². The van der Waals surface area contributed by atoms with Crippen LogP contribution in [0.25, 0.3) is 0 Å². The van der Waals surface area contributed by atoms with Gasteiger partial charge in [0.05, 0.1) is 44.6 Å². The van der Waals surface area contributed by atoms with Crippen LogP contribution in [-0.2, 0) is 0 Å². The smallest absolute Gasteiger partial charge is 0.0511 e. The predicted octanol–water partition coefficient (Wildman–Crippen LogP) is 14.2. The first kappa shape index (κ1) is 49.5. The summed E-state index contributed by atoms with van der Waals surface area (Å²) in [5, 5.41) is 0. The lowest BCUT2D eigenvalue weighted by molar-refractivity contribution is 0.506. The van der Waals surface area contributed by atoms with Crippen LogP contribution in [0.5, 0.6) is 0 Å². The molecule has 0 saturated carbocycles. The minimum atomic E-state index is -0.284. The molecule has 0 aliphatic heterocycles. The molecule has 0 spiro atoms. The van der Waals surface area contributed by atoms with E-state index in [1.807, 2.05) is 0 Å². The molecule has 0 atom stereocenters. The number of hydrogen-bond acceptors (Lipinski definition) is 0. The minimum Gasteiger partial charge on any atom is -0.0944 e. The van der Waals surface area contributed by atoms with Crippen LogP contribution >= 0.6 is 0 Å². The van der Waals surface area contributed by atoms with E-state index in [2.05, 4.69) is 260 Å². The van der Waals surface area contributed by atoms with Crippen LogP contribution in [0.1, 0.15) is 166 Å². The largest absolute Gasteiger partial charge is 0.0944 e. The van der Waals surface area contributed by atoms with Crippen LogP contribution < -0.4 is 0 Å². The average Bonchev–Trinajstić information content (AvgIpc) is 2.94. The fraction of sp³-hybridized carbons (Fsp3) is 0.571. The van der Waals surface area contributed by atoms with Gasteiger partial charge >= 0.3 is 0 Å². The highest BCUT2D eigenvalue weighted by molar-refractivity contribution is 5.52. The van der Waals surface area contributed by atoms with Crippen molar-refractivity contribution in [2.24, 2.45) is 43.3 Å². The molecule has 0 nitrogen and oxygen atoms in total. The quantitative estimate of drug-likeness (QED) is 0.171. The first-order chi connectivity index (χ1) is 24.8. The van der Waals surface area contributed by atoms with Crippen LogP contribution in [-0.4, -0.2) is 0 Å². The molecule has 296 valence electrons. The molecule has 0 aromatic rings. The lowest BCUT2D eigenvalue weighted by Gasteiger charge is -2.21. The van der Waals surface area contributed by atoms with E-state index in [9.17, 15) is 0 Å². The molecule has 0 fully saturated rings. The Morgan fingerprint density at radius 2 is 0.286 bits per heavy atom. The molecular weight excluding hydrogens is 673 g/mol. The van der Waals surface area contributed by atoms with Crippen molar-refractivity contribution in [3.63, 3.8) is 0 Å². The molecule has 1 aliphatic rings. The summed E-state index contributed by atoms with van der Waals surface area (Å²) in [5.74, 6) is 40.3. The standard InChI is InChI=1S/C56H72/c1-49(2,3)41-29-25-26-30-42(50(4,5)6)38-47(55(19,20)21)35-36-48(56(22,23)24)40-44(52(10,11)12)32-28-27-31-43(51(7,8)9)39-46(54(16,17)18)34-33-45(37-41)53(13,14)15/h1-24H3. The average molecular weight is 745 g/mol. The van der Waals surface area contributed by atoms with Crippen molar-refractivity contribution in [2.75, 3.05) is 0 Å². The fourth-order valence-electron chi connectivity index (χ4n) is 4.38. The highest BCUT2D eigenvalue weighted by atomic mass is 14.3. The summed E-state index contributed by atoms with van der Waals surface area (Å²) in [5.41, 5.74) is 19.3. The van der Waals surface area contributed by atoms with E-state index in [0.717, 1.165) is 44.6 Å². The van der Waals surface area contributed by atoms with Gasteiger partial charge in [-0.25, -0.2) is 0 Å². The van der Waals surface area contributed by atoms with Crippen molar-refractivity contribution >= 4 is 0 Å². The van der Waals surface area contributed by atoms with Crippen LogP contribution in [0, 0.1) is 114 Å². The third kappa shape index (κ3) is 16.7. The van der Waals surface area contributed by atoms with E-state index in [4.69, 9.17) is 0 Å². The number of rotatable bonds is 0. The summed E-state index contributed by atoms with van der Waals surface area (Å²) >= 11 is 0. The molecule has 0 heterocycles. The van der Waals surface area contributed by atoms with E-state index in [-0.39, 0.29) is 43.3 Å². The molecule has 0 radical (unpaired) electrons. The van der Waals surface area contributed by atoms with Crippen LogP contribution in [0.2, 0.25) is 0 Å². The summed E-state index contributed by atoms with van der Waals surface area (Å²) in [6.45, 7) is 51.8. The van der Waals surface area contributed by atoms with Crippen molar-refractivity contribution in [1.82, 2.24) is 0 Å². The Morgan fingerprint density at radius 1 is 0.179 bits per heavy atom. The number of allylic oxidation sites excluding steroid dienone is 4. The third-order valence-electron chi connectivity index (χ3n) is 8.50. The predicted molar refractivity (Wildman–Crippen MR) is 244 cm³/mol. The van der Waals surface area contributed by atoms with Gasteiger partial charge in [0.15, 0.2) is 0 Å². The molecule has 0 bridgehead atoms. The van der Waals surface area contributed by atoms with Gasteiger partial charge in [-0.05, 0) is 47.4 Å². The second-order valence-electron chi connectivity index (χ2n) is 23.0. The normalized spacial score (nSPS) is 15.6. The Morgan fingerprint density at radius 3 is 0.393 bits per heavy atom. The lowest BCUT2D eigenvalue weighted by Crippen LogP contribution is -2.12. The van der Waals surface area contributed by atoms with E-state index in [1.54, 1.807) is 0 Å². The van der Waals surface area contributed by atoms with Crippen LogP contribution in [0.15, 0.2) is 67.5 Å². The van der Waals surface area contributed by atoms with Crippen molar-refractivity contribution in [2.45, 2.75) is 166 Å². The van der Waals surface area contributed by atoms with Gasteiger partial charge in [0.1, 0.15) is 0 Å². The number of hydrogen-bond donors (Lipinski definition) is 0. The molecule has 0 unspecified atom stereocenters. The lowest BCUT2D eigenvalue weighted by atomic mass is 9.81. The molecule has 0 aromatic carbocycles. The highest BCUT2D eigenvalue weighted by Gasteiger charge is 2.24. The second-order valence-corrected chi connectivity index (χ2v) is 23.0. The molecule has 0 amide bonds. The Bertz CT molecular complexity index is 1900. The molecule has 1 aliphatic carbocycles. The van der Waals surface area contributed by atoms with Crippen LogP contribution in [0.3, 0.4) is 0 Å². The SMILES string of the molecule is CC(C)(C)C1=C=C(C(C)(C)C)C#CC(C(C)(C)C)=C=C(C(C)(C)C)C#CC#CC(C(C)(C)C)=C=C(C(C)(C)C)C#CC(C(C)(C)C)=C=C(C(C)(C)C)C#CC#C1. The zero-order valence-corrected chi connectivity index (χ0v) is 40.0.